The Labute approximate surface area is 191 Å². The van der Waals surface area contributed by atoms with Crippen molar-refractivity contribution in [3.63, 3.8) is 0 Å². The van der Waals surface area contributed by atoms with Crippen molar-refractivity contribution in [3.8, 4) is 11.5 Å². The molecular weight excluding hydrogens is 424 g/mol. The Bertz CT molecular complexity index is 1050. The molecule has 0 aromatic heterocycles. The summed E-state index contributed by atoms with van der Waals surface area (Å²) in [7, 11) is 0. The fraction of sp³-hybridized carbons (Fsp3) is 0.192. The smallest absolute Gasteiger partial charge is 0.344 e. The minimum absolute atomic E-state index is 0.213. The van der Waals surface area contributed by atoms with E-state index >= 15 is 0 Å². The lowest BCUT2D eigenvalue weighted by Gasteiger charge is -2.18. The van der Waals surface area contributed by atoms with Crippen molar-refractivity contribution in [2.45, 2.75) is 19.4 Å². The van der Waals surface area contributed by atoms with Crippen LogP contribution in [-0.2, 0) is 19.1 Å². The van der Waals surface area contributed by atoms with E-state index in [2.05, 4.69) is 0 Å². The Hall–Kier alpha value is -4.13. The summed E-state index contributed by atoms with van der Waals surface area (Å²) in [6, 6.07) is 23.8. The van der Waals surface area contributed by atoms with E-state index in [4.69, 9.17) is 18.9 Å². The summed E-state index contributed by atoms with van der Waals surface area (Å²) in [6.07, 6.45) is -1.11. The average molecular weight is 448 g/mol. The molecule has 170 valence electrons. The molecule has 0 N–H and O–H groups in total. The van der Waals surface area contributed by atoms with Crippen LogP contribution in [0.3, 0.4) is 0 Å². The summed E-state index contributed by atoms with van der Waals surface area (Å²) in [5.74, 6) is -0.986. The van der Waals surface area contributed by atoms with Crippen LogP contribution < -0.4 is 9.47 Å². The lowest BCUT2D eigenvalue weighted by molar-refractivity contribution is -0.155. The van der Waals surface area contributed by atoms with Gasteiger partial charge < -0.3 is 18.9 Å². The zero-order valence-corrected chi connectivity index (χ0v) is 18.1. The highest BCUT2D eigenvalue weighted by Crippen LogP contribution is 2.24. The lowest BCUT2D eigenvalue weighted by atomic mass is 10.1. The van der Waals surface area contributed by atoms with E-state index in [1.54, 1.807) is 78.9 Å². The van der Waals surface area contributed by atoms with E-state index in [0.29, 0.717) is 29.2 Å². The highest BCUT2D eigenvalue weighted by Gasteiger charge is 2.23. The molecule has 7 nitrogen and oxygen atoms in total. The Balaban J connectivity index is 1.59. The second-order valence-corrected chi connectivity index (χ2v) is 6.91. The summed E-state index contributed by atoms with van der Waals surface area (Å²) in [6.45, 7) is 1.83. The fourth-order valence-electron chi connectivity index (χ4n) is 2.97. The number of carbonyl (C=O) groups is 3. The molecular formula is C26H24O7. The molecule has 0 aliphatic heterocycles. The Morgan fingerprint density at radius 3 is 2.00 bits per heavy atom. The van der Waals surface area contributed by atoms with Crippen LogP contribution in [-0.4, -0.2) is 31.1 Å². The molecule has 0 fully saturated rings. The maximum absolute atomic E-state index is 12.5. The van der Waals surface area contributed by atoms with Crippen molar-refractivity contribution < 1.29 is 33.3 Å². The van der Waals surface area contributed by atoms with Gasteiger partial charge in [-0.25, -0.2) is 9.59 Å². The maximum Gasteiger partial charge on any atom is 0.344 e. The second-order valence-electron chi connectivity index (χ2n) is 6.91. The van der Waals surface area contributed by atoms with Gasteiger partial charge in [-0.3, -0.25) is 4.79 Å². The number of carbonyl (C=O) groups excluding carboxylic acids is 3. The first-order valence-electron chi connectivity index (χ1n) is 10.4. The van der Waals surface area contributed by atoms with Crippen molar-refractivity contribution in [2.75, 3.05) is 13.2 Å². The van der Waals surface area contributed by atoms with Crippen LogP contribution in [0.5, 0.6) is 11.5 Å². The van der Waals surface area contributed by atoms with Crippen LogP contribution in [0.4, 0.5) is 0 Å². The van der Waals surface area contributed by atoms with Gasteiger partial charge >= 0.3 is 17.9 Å². The molecule has 0 amide bonds. The number of hydrogen-bond acceptors (Lipinski definition) is 7. The number of benzene rings is 3. The van der Waals surface area contributed by atoms with E-state index < -0.39 is 30.6 Å². The Morgan fingerprint density at radius 2 is 1.36 bits per heavy atom. The summed E-state index contributed by atoms with van der Waals surface area (Å²) >= 11 is 0. The van der Waals surface area contributed by atoms with E-state index in [0.717, 1.165) is 0 Å². The first kappa shape index (κ1) is 23.5. The van der Waals surface area contributed by atoms with Crippen LogP contribution in [0.2, 0.25) is 0 Å². The van der Waals surface area contributed by atoms with Crippen LogP contribution in [0.1, 0.15) is 35.4 Å². The quantitative estimate of drug-likeness (QED) is 0.333. The maximum atomic E-state index is 12.5. The van der Waals surface area contributed by atoms with Crippen molar-refractivity contribution in [2.24, 2.45) is 0 Å². The van der Waals surface area contributed by atoms with E-state index in [9.17, 15) is 14.4 Å². The number of esters is 3. The highest BCUT2D eigenvalue weighted by atomic mass is 16.6. The largest absolute Gasteiger partial charge is 0.494 e. The topological polar surface area (TPSA) is 88.1 Å². The molecule has 3 aromatic carbocycles. The van der Waals surface area contributed by atoms with Crippen molar-refractivity contribution >= 4 is 17.9 Å². The highest BCUT2D eigenvalue weighted by molar-refractivity contribution is 5.90. The normalized spacial score (nSPS) is 11.2. The van der Waals surface area contributed by atoms with Crippen molar-refractivity contribution in [3.05, 3.63) is 96.1 Å². The number of rotatable bonds is 10. The molecule has 0 bridgehead atoms. The fourth-order valence-corrected chi connectivity index (χ4v) is 2.97. The standard InChI is InChI=1S/C26H24O7/c1-2-30-21-13-15-22(16-14-21)32-24(27)17-23(19-9-5-3-6-10-19)33-25(28)18-31-26(29)20-11-7-4-8-12-20/h3-16,23H,2,17-18H2,1H3. The van der Waals surface area contributed by atoms with Gasteiger partial charge in [-0.1, -0.05) is 48.5 Å². The SMILES string of the molecule is CCOc1ccc(OC(=O)CC(OC(=O)COC(=O)c2ccccc2)c2ccccc2)cc1. The molecule has 0 radical (unpaired) electrons. The summed E-state index contributed by atoms with van der Waals surface area (Å²) in [5, 5.41) is 0. The third-order valence-corrected chi connectivity index (χ3v) is 4.49. The third kappa shape index (κ3) is 7.50. The van der Waals surface area contributed by atoms with Crippen LogP contribution in [0, 0.1) is 0 Å². The molecule has 1 unspecified atom stereocenters. The molecule has 0 saturated heterocycles. The first-order chi connectivity index (χ1) is 16.0. The lowest BCUT2D eigenvalue weighted by Crippen LogP contribution is -2.22. The zero-order chi connectivity index (χ0) is 23.5. The van der Waals surface area contributed by atoms with Gasteiger partial charge in [-0.2, -0.15) is 0 Å². The number of hydrogen-bond donors (Lipinski definition) is 0. The molecule has 33 heavy (non-hydrogen) atoms. The van der Waals surface area contributed by atoms with Crippen molar-refractivity contribution in [1.82, 2.24) is 0 Å². The molecule has 0 aliphatic rings. The average Bonchev–Trinajstić information content (AvgIpc) is 2.84. The molecule has 3 aromatic rings. The first-order valence-corrected chi connectivity index (χ1v) is 10.4. The minimum Gasteiger partial charge on any atom is -0.494 e. The zero-order valence-electron chi connectivity index (χ0n) is 18.1. The van der Waals surface area contributed by atoms with Gasteiger partial charge in [0.05, 0.1) is 18.6 Å². The predicted octanol–water partition coefficient (Wildman–Crippen LogP) is 4.52. The summed E-state index contributed by atoms with van der Waals surface area (Å²) < 4.78 is 21.2. The van der Waals surface area contributed by atoms with Gasteiger partial charge in [-0.15, -0.1) is 0 Å². The van der Waals surface area contributed by atoms with Crippen molar-refractivity contribution in [1.29, 1.82) is 0 Å². The Kier molecular flexibility index (Phi) is 8.59. The summed E-state index contributed by atoms with van der Waals surface area (Å²) in [5.41, 5.74) is 0.938. The molecule has 7 heteroatoms. The molecule has 0 aliphatic carbocycles. The molecule has 3 rings (SSSR count). The Morgan fingerprint density at radius 1 is 0.758 bits per heavy atom. The van der Waals surface area contributed by atoms with E-state index in [1.165, 1.54) is 0 Å². The molecule has 0 spiro atoms. The van der Waals surface area contributed by atoms with Gasteiger partial charge in [0, 0.05) is 0 Å². The summed E-state index contributed by atoms with van der Waals surface area (Å²) in [4.78, 5) is 36.9. The van der Waals surface area contributed by atoms with Gasteiger partial charge in [0.1, 0.15) is 17.6 Å². The van der Waals surface area contributed by atoms with E-state index in [1.807, 2.05) is 13.0 Å². The minimum atomic E-state index is -0.899. The van der Waals surface area contributed by atoms with E-state index in [-0.39, 0.29) is 6.42 Å². The number of ether oxygens (including phenoxy) is 4. The second kappa shape index (κ2) is 12.0. The van der Waals surface area contributed by atoms with Crippen LogP contribution in [0.15, 0.2) is 84.9 Å². The van der Waals surface area contributed by atoms with Crippen LogP contribution >= 0.6 is 0 Å². The van der Waals surface area contributed by atoms with Gasteiger partial charge in [0.25, 0.3) is 0 Å². The molecule has 0 heterocycles. The van der Waals surface area contributed by atoms with Crippen LogP contribution in [0.25, 0.3) is 0 Å². The van der Waals surface area contributed by atoms with Gasteiger partial charge in [0.15, 0.2) is 6.61 Å². The molecule has 1 atom stereocenters. The predicted molar refractivity (Wildman–Crippen MR) is 120 cm³/mol. The van der Waals surface area contributed by atoms with Gasteiger partial charge in [-0.05, 0) is 48.9 Å². The monoisotopic (exact) mass is 448 g/mol. The third-order valence-electron chi connectivity index (χ3n) is 4.49. The van der Waals surface area contributed by atoms with Gasteiger partial charge in [0.2, 0.25) is 0 Å². The molecule has 0 saturated carbocycles.